The Morgan fingerprint density at radius 1 is 1.30 bits per heavy atom. The minimum Gasteiger partial charge on any atom is -0.372 e. The molecular formula is C13H17N7. The van der Waals surface area contributed by atoms with Crippen molar-refractivity contribution in [3.8, 4) is 0 Å². The zero-order chi connectivity index (χ0) is 13.9. The number of imidazole rings is 1. The molecule has 0 aliphatic carbocycles. The molecule has 0 radical (unpaired) electrons. The summed E-state index contributed by atoms with van der Waals surface area (Å²) >= 11 is 0. The van der Waals surface area contributed by atoms with Crippen molar-refractivity contribution in [2.45, 2.75) is 6.42 Å². The van der Waals surface area contributed by atoms with E-state index in [0.29, 0.717) is 0 Å². The van der Waals surface area contributed by atoms with Crippen molar-refractivity contribution in [3.63, 3.8) is 0 Å². The normalized spacial score (nSPS) is 10.9. The third-order valence-electron chi connectivity index (χ3n) is 3.23. The zero-order valence-corrected chi connectivity index (χ0v) is 11.5. The van der Waals surface area contributed by atoms with E-state index in [4.69, 9.17) is 0 Å². The van der Waals surface area contributed by atoms with Crippen LogP contribution < -0.4 is 10.6 Å². The molecule has 0 aliphatic rings. The minimum absolute atomic E-state index is 0.780. The van der Waals surface area contributed by atoms with Crippen molar-refractivity contribution in [1.29, 1.82) is 0 Å². The highest BCUT2D eigenvalue weighted by Crippen LogP contribution is 2.15. The average Bonchev–Trinajstić information content (AvgIpc) is 3.07. The topological polar surface area (TPSA) is 72.1 Å². The lowest BCUT2D eigenvalue weighted by Crippen LogP contribution is -2.11. The van der Waals surface area contributed by atoms with Crippen molar-refractivity contribution >= 4 is 17.3 Å². The Bertz CT molecular complexity index is 712. The van der Waals surface area contributed by atoms with Gasteiger partial charge in [0.1, 0.15) is 5.82 Å². The molecule has 2 N–H and O–H groups in total. The summed E-state index contributed by atoms with van der Waals surface area (Å²) in [6.07, 6.45) is 8.28. The van der Waals surface area contributed by atoms with Crippen molar-refractivity contribution in [3.05, 3.63) is 36.5 Å². The lowest BCUT2D eigenvalue weighted by molar-refractivity contribution is 0.711. The number of aryl methyl sites for hydroxylation is 1. The standard InChI is InChI=1S/C13H17N7/c1-14-11-9-20-8-7-16-13(20)12(18-11)15-5-3-10-4-6-17-19(10)2/h4,6-9,14H,3,5H2,1-2H3,(H,15,18). The average molecular weight is 271 g/mol. The lowest BCUT2D eigenvalue weighted by Gasteiger charge is -2.09. The fraction of sp³-hybridized carbons (Fsp3) is 0.308. The van der Waals surface area contributed by atoms with Gasteiger partial charge in [-0.3, -0.25) is 4.68 Å². The second kappa shape index (κ2) is 5.20. The largest absolute Gasteiger partial charge is 0.372 e. The Morgan fingerprint density at radius 3 is 2.95 bits per heavy atom. The van der Waals surface area contributed by atoms with Crippen LogP contribution in [0.25, 0.3) is 5.65 Å². The number of anilines is 2. The van der Waals surface area contributed by atoms with Crippen molar-refractivity contribution in [1.82, 2.24) is 24.1 Å². The second-order valence-electron chi connectivity index (χ2n) is 4.51. The monoisotopic (exact) mass is 271 g/mol. The van der Waals surface area contributed by atoms with Gasteiger partial charge in [0.05, 0.1) is 6.20 Å². The number of hydrogen-bond donors (Lipinski definition) is 2. The molecule has 3 aromatic rings. The highest BCUT2D eigenvalue weighted by Gasteiger charge is 2.07. The molecule has 20 heavy (non-hydrogen) atoms. The van der Waals surface area contributed by atoms with Gasteiger partial charge in [0.25, 0.3) is 0 Å². The summed E-state index contributed by atoms with van der Waals surface area (Å²) in [5.41, 5.74) is 2.01. The fourth-order valence-electron chi connectivity index (χ4n) is 2.13. The zero-order valence-electron chi connectivity index (χ0n) is 11.5. The van der Waals surface area contributed by atoms with Crippen LogP contribution in [0, 0.1) is 0 Å². The molecule has 0 aromatic carbocycles. The Kier molecular flexibility index (Phi) is 3.24. The number of rotatable bonds is 5. The smallest absolute Gasteiger partial charge is 0.180 e. The molecule has 0 atom stereocenters. The Morgan fingerprint density at radius 2 is 2.20 bits per heavy atom. The lowest BCUT2D eigenvalue weighted by atomic mass is 10.3. The molecule has 0 bridgehead atoms. The van der Waals surface area contributed by atoms with E-state index >= 15 is 0 Å². The quantitative estimate of drug-likeness (QED) is 0.728. The fourth-order valence-corrected chi connectivity index (χ4v) is 2.13. The first-order chi connectivity index (χ1) is 9.78. The van der Waals surface area contributed by atoms with E-state index in [9.17, 15) is 0 Å². The maximum Gasteiger partial charge on any atom is 0.180 e. The highest BCUT2D eigenvalue weighted by atomic mass is 15.3. The third kappa shape index (κ3) is 2.29. The van der Waals surface area contributed by atoms with Crippen LogP contribution in [0.15, 0.2) is 30.9 Å². The van der Waals surface area contributed by atoms with Gasteiger partial charge in [-0.05, 0) is 6.07 Å². The van der Waals surface area contributed by atoms with Gasteiger partial charge >= 0.3 is 0 Å². The highest BCUT2D eigenvalue weighted by molar-refractivity contribution is 5.65. The summed E-state index contributed by atoms with van der Waals surface area (Å²) in [7, 11) is 3.80. The first-order valence-corrected chi connectivity index (χ1v) is 6.50. The third-order valence-corrected chi connectivity index (χ3v) is 3.23. The predicted molar refractivity (Wildman–Crippen MR) is 77.9 cm³/mol. The van der Waals surface area contributed by atoms with Crippen molar-refractivity contribution < 1.29 is 0 Å². The maximum atomic E-state index is 4.50. The predicted octanol–water partition coefficient (Wildman–Crippen LogP) is 1.16. The molecule has 0 saturated carbocycles. The number of fused-ring (bicyclic) bond motifs is 1. The van der Waals surface area contributed by atoms with E-state index in [-0.39, 0.29) is 0 Å². The van der Waals surface area contributed by atoms with E-state index in [2.05, 4.69) is 25.7 Å². The van der Waals surface area contributed by atoms with Crippen LogP contribution in [0.3, 0.4) is 0 Å². The molecular weight excluding hydrogens is 254 g/mol. The molecule has 3 aromatic heterocycles. The molecule has 7 heteroatoms. The van der Waals surface area contributed by atoms with E-state index in [1.54, 1.807) is 6.20 Å². The van der Waals surface area contributed by atoms with Crippen LogP contribution in [0.5, 0.6) is 0 Å². The molecule has 0 spiro atoms. The molecule has 0 aliphatic heterocycles. The summed E-state index contributed by atoms with van der Waals surface area (Å²) in [6.45, 7) is 0.780. The van der Waals surface area contributed by atoms with Crippen LogP contribution >= 0.6 is 0 Å². The van der Waals surface area contributed by atoms with Gasteiger partial charge in [0.15, 0.2) is 11.5 Å². The van der Waals surface area contributed by atoms with Gasteiger partial charge in [-0.15, -0.1) is 0 Å². The molecule has 0 fully saturated rings. The number of nitrogens with zero attached hydrogens (tertiary/aromatic N) is 5. The number of aromatic nitrogens is 5. The van der Waals surface area contributed by atoms with Gasteiger partial charge in [0, 0.05) is 51.3 Å². The van der Waals surface area contributed by atoms with Gasteiger partial charge in [-0.25, -0.2) is 9.97 Å². The molecule has 3 rings (SSSR count). The summed E-state index contributed by atoms with van der Waals surface area (Å²) in [5.74, 6) is 1.59. The van der Waals surface area contributed by atoms with E-state index in [1.807, 2.05) is 47.8 Å². The van der Waals surface area contributed by atoms with E-state index in [0.717, 1.165) is 30.2 Å². The molecule has 7 nitrogen and oxygen atoms in total. The summed E-state index contributed by atoms with van der Waals surface area (Å²) < 4.78 is 3.83. The Labute approximate surface area is 116 Å². The minimum atomic E-state index is 0.780. The van der Waals surface area contributed by atoms with Crippen LogP contribution in [0.1, 0.15) is 5.69 Å². The Balaban J connectivity index is 1.76. The summed E-state index contributed by atoms with van der Waals surface area (Å²) in [6, 6.07) is 2.02. The van der Waals surface area contributed by atoms with Gasteiger partial charge in [-0.1, -0.05) is 0 Å². The first kappa shape index (κ1) is 12.5. The molecule has 3 heterocycles. The van der Waals surface area contributed by atoms with Gasteiger partial charge in [0.2, 0.25) is 0 Å². The van der Waals surface area contributed by atoms with Crippen LogP contribution in [-0.4, -0.2) is 37.7 Å². The van der Waals surface area contributed by atoms with E-state index < -0.39 is 0 Å². The van der Waals surface area contributed by atoms with Gasteiger partial charge in [-0.2, -0.15) is 5.10 Å². The number of nitrogens with one attached hydrogen (secondary N) is 2. The maximum absolute atomic E-state index is 4.50. The molecule has 0 unspecified atom stereocenters. The van der Waals surface area contributed by atoms with E-state index in [1.165, 1.54) is 5.69 Å². The SMILES string of the molecule is CNc1cn2ccnc2c(NCCc2ccnn2C)n1. The first-order valence-electron chi connectivity index (χ1n) is 6.50. The van der Waals surface area contributed by atoms with Crippen LogP contribution in [-0.2, 0) is 13.5 Å². The number of hydrogen-bond acceptors (Lipinski definition) is 5. The summed E-state index contributed by atoms with van der Waals surface area (Å²) in [4.78, 5) is 8.82. The Hall–Kier alpha value is -2.57. The molecule has 0 amide bonds. The second-order valence-corrected chi connectivity index (χ2v) is 4.51. The van der Waals surface area contributed by atoms with Crippen molar-refractivity contribution in [2.75, 3.05) is 24.2 Å². The van der Waals surface area contributed by atoms with Crippen molar-refractivity contribution in [2.24, 2.45) is 7.05 Å². The van der Waals surface area contributed by atoms with Crippen LogP contribution in [0.4, 0.5) is 11.6 Å². The van der Waals surface area contributed by atoms with Gasteiger partial charge < -0.3 is 15.0 Å². The molecule has 0 saturated heterocycles. The summed E-state index contributed by atoms with van der Waals surface area (Å²) in [5, 5.41) is 10.5. The van der Waals surface area contributed by atoms with Crippen LogP contribution in [0.2, 0.25) is 0 Å². The molecule has 104 valence electrons.